The van der Waals surface area contributed by atoms with Crippen molar-refractivity contribution in [2.24, 2.45) is 17.3 Å². The van der Waals surface area contributed by atoms with E-state index in [0.29, 0.717) is 6.04 Å². The van der Waals surface area contributed by atoms with E-state index in [4.69, 9.17) is 5.41 Å². The first-order valence-electron chi connectivity index (χ1n) is 9.43. The van der Waals surface area contributed by atoms with Gasteiger partial charge in [-0.05, 0) is 49.4 Å². The van der Waals surface area contributed by atoms with Crippen LogP contribution in [0.2, 0.25) is 0 Å². The predicted molar refractivity (Wildman–Crippen MR) is 109 cm³/mol. The number of thioether (sulfide) groups is 1. The van der Waals surface area contributed by atoms with Crippen LogP contribution in [-0.4, -0.2) is 31.1 Å². The van der Waals surface area contributed by atoms with E-state index in [-0.39, 0.29) is 11.6 Å². The Balaban J connectivity index is 2.21. The van der Waals surface area contributed by atoms with Crippen molar-refractivity contribution in [3.8, 4) is 18.2 Å². The first kappa shape index (κ1) is 20.2. The van der Waals surface area contributed by atoms with E-state index >= 15 is 0 Å². The molecule has 1 aromatic carbocycles. The number of fused-ring (bicyclic) bond motifs is 1. The van der Waals surface area contributed by atoms with Crippen LogP contribution in [0.3, 0.4) is 0 Å². The molecule has 28 heavy (non-hydrogen) atoms. The summed E-state index contributed by atoms with van der Waals surface area (Å²) in [6, 6.07) is 14.9. The van der Waals surface area contributed by atoms with Crippen LogP contribution in [0.25, 0.3) is 0 Å². The van der Waals surface area contributed by atoms with Crippen molar-refractivity contribution in [1.82, 2.24) is 0 Å². The molecule has 0 saturated heterocycles. The second kappa shape index (κ2) is 7.80. The van der Waals surface area contributed by atoms with Crippen LogP contribution in [0.15, 0.2) is 40.8 Å². The van der Waals surface area contributed by atoms with E-state index in [0.717, 1.165) is 29.1 Å². The number of nitrogens with one attached hydrogen (secondary N) is 2. The fourth-order valence-corrected chi connectivity index (χ4v) is 4.99. The van der Waals surface area contributed by atoms with Crippen LogP contribution in [0, 0.1) is 56.7 Å². The summed E-state index contributed by atoms with van der Waals surface area (Å²) in [5.74, 6) is -1.35. The van der Waals surface area contributed by atoms with E-state index in [2.05, 4.69) is 38.1 Å². The Morgan fingerprint density at radius 1 is 1.18 bits per heavy atom. The lowest BCUT2D eigenvalue weighted by molar-refractivity contribution is -0.920. The van der Waals surface area contributed by atoms with Crippen molar-refractivity contribution in [3.05, 3.63) is 41.5 Å². The zero-order valence-electron chi connectivity index (χ0n) is 16.4. The molecule has 1 aliphatic carbocycles. The molecule has 1 heterocycles. The predicted octanol–water partition coefficient (Wildman–Crippen LogP) is 2.55. The van der Waals surface area contributed by atoms with Gasteiger partial charge in [-0.25, -0.2) is 0 Å². The quantitative estimate of drug-likeness (QED) is 0.612. The van der Waals surface area contributed by atoms with E-state index < -0.39 is 17.3 Å². The third kappa shape index (κ3) is 3.02. The van der Waals surface area contributed by atoms with Gasteiger partial charge < -0.3 is 10.3 Å². The number of quaternary nitrogens is 1. The normalized spacial score (nSPS) is 28.5. The van der Waals surface area contributed by atoms with Crippen LogP contribution in [0.5, 0.6) is 0 Å². The largest absolute Gasteiger partial charge is 0.329 e. The molecule has 0 spiro atoms. The van der Waals surface area contributed by atoms with Gasteiger partial charge in [0.25, 0.3) is 0 Å². The molecule has 3 rings (SSSR count). The summed E-state index contributed by atoms with van der Waals surface area (Å²) in [6.07, 6.45) is 4.08. The van der Waals surface area contributed by atoms with Crippen molar-refractivity contribution >= 4 is 17.5 Å². The maximum Gasteiger partial charge on any atom is 0.189 e. The van der Waals surface area contributed by atoms with Gasteiger partial charge in [0.05, 0.1) is 43.1 Å². The van der Waals surface area contributed by atoms with E-state index in [1.807, 2.05) is 30.5 Å². The number of nitrogens with zero attached hydrogens (tertiary/aromatic N) is 3. The van der Waals surface area contributed by atoms with Crippen LogP contribution in [0.4, 0.5) is 0 Å². The highest BCUT2D eigenvalue weighted by atomic mass is 32.2. The highest BCUT2D eigenvalue weighted by Gasteiger charge is 2.58. The summed E-state index contributed by atoms with van der Waals surface area (Å²) in [5, 5.41) is 38.6. The third-order valence-corrected chi connectivity index (χ3v) is 6.94. The van der Waals surface area contributed by atoms with Crippen molar-refractivity contribution < 1.29 is 4.90 Å². The maximum atomic E-state index is 10.1. The molecule has 1 saturated carbocycles. The monoisotopic (exact) mass is 390 g/mol. The summed E-state index contributed by atoms with van der Waals surface area (Å²) < 4.78 is 0. The molecule has 0 amide bonds. The fraction of sp³-hybridized carbons (Fsp3) is 0.455. The lowest BCUT2D eigenvalue weighted by Gasteiger charge is -2.47. The molecule has 1 aliphatic heterocycles. The Labute approximate surface area is 170 Å². The minimum Gasteiger partial charge on any atom is -0.329 e. The van der Waals surface area contributed by atoms with Gasteiger partial charge in [-0.1, -0.05) is 12.1 Å². The third-order valence-electron chi connectivity index (χ3n) is 6.20. The van der Waals surface area contributed by atoms with Gasteiger partial charge in [0, 0.05) is 16.7 Å². The molecule has 5 nitrogen and oxygen atoms in total. The topological polar surface area (TPSA) is 99.7 Å². The molecule has 2 N–H and O–H groups in total. The summed E-state index contributed by atoms with van der Waals surface area (Å²) >= 11 is 1.64. The molecule has 0 bridgehead atoms. The van der Waals surface area contributed by atoms with Crippen molar-refractivity contribution in [3.63, 3.8) is 0 Å². The summed E-state index contributed by atoms with van der Waals surface area (Å²) in [4.78, 5) is 2.48. The Bertz CT molecular complexity index is 912. The van der Waals surface area contributed by atoms with Gasteiger partial charge >= 0.3 is 0 Å². The highest BCUT2D eigenvalue weighted by Crippen LogP contribution is 2.52. The van der Waals surface area contributed by atoms with E-state index in [9.17, 15) is 15.8 Å². The molecular weight excluding hydrogens is 366 g/mol. The molecular formula is C22H24N5S+. The first-order valence-corrected chi connectivity index (χ1v) is 10.7. The average molecular weight is 391 g/mol. The minimum atomic E-state index is -1.62. The Morgan fingerprint density at radius 3 is 2.32 bits per heavy atom. The number of rotatable bonds is 3. The van der Waals surface area contributed by atoms with Gasteiger partial charge in [-0.15, -0.1) is 11.8 Å². The summed E-state index contributed by atoms with van der Waals surface area (Å²) in [6.45, 7) is 5.88. The average Bonchev–Trinajstić information content (AvgIpc) is 2.72. The molecule has 2 unspecified atom stereocenters. The maximum absolute atomic E-state index is 10.1. The van der Waals surface area contributed by atoms with Crippen LogP contribution >= 0.6 is 11.8 Å². The van der Waals surface area contributed by atoms with E-state index in [1.54, 1.807) is 11.8 Å². The first-order chi connectivity index (χ1) is 13.4. The lowest BCUT2D eigenvalue weighted by Crippen LogP contribution is -3.16. The molecule has 4 atom stereocenters. The minimum absolute atomic E-state index is 0.0746. The Morgan fingerprint density at radius 2 is 1.82 bits per heavy atom. The molecule has 6 heteroatoms. The van der Waals surface area contributed by atoms with Gasteiger partial charge in [-0.2, -0.15) is 15.8 Å². The van der Waals surface area contributed by atoms with Gasteiger partial charge in [0.2, 0.25) is 0 Å². The lowest BCUT2D eigenvalue weighted by atomic mass is 9.54. The molecule has 1 aromatic rings. The standard InChI is InChI=1S/C22H23N5S/c1-14(2)27-9-8-17-18(10-23)21(26)22(12-24,13-25)20(19(17)11-27)15-4-6-16(28-3)7-5-15/h4-8,14,18-20,26H,9,11H2,1-3H3/p+1/t18?,19-,20+/m1/s1. The SMILES string of the molecule is CSc1ccc([C@H]2[C@@H]3C[NH+](C(C)C)CC=C3C(C#N)C(=N)C2(C#N)C#N)cc1. The smallest absolute Gasteiger partial charge is 0.189 e. The summed E-state index contributed by atoms with van der Waals surface area (Å²) in [5.41, 5.74) is 0.109. The molecule has 0 radical (unpaired) electrons. The second-order valence-corrected chi connectivity index (χ2v) is 8.67. The Hall–Kier alpha value is -2.59. The molecule has 1 fully saturated rings. The van der Waals surface area contributed by atoms with Crippen molar-refractivity contribution in [2.45, 2.75) is 30.7 Å². The molecule has 2 aliphatic rings. The van der Waals surface area contributed by atoms with Crippen LogP contribution in [0.1, 0.15) is 25.3 Å². The van der Waals surface area contributed by atoms with Crippen LogP contribution in [-0.2, 0) is 0 Å². The molecule has 0 aromatic heterocycles. The van der Waals surface area contributed by atoms with Gasteiger partial charge in [0.15, 0.2) is 5.41 Å². The second-order valence-electron chi connectivity index (χ2n) is 7.79. The zero-order valence-corrected chi connectivity index (χ0v) is 17.2. The van der Waals surface area contributed by atoms with Crippen LogP contribution < -0.4 is 4.90 Å². The van der Waals surface area contributed by atoms with E-state index in [1.165, 1.54) is 4.90 Å². The number of benzene rings is 1. The fourth-order valence-electron chi connectivity index (χ4n) is 4.58. The van der Waals surface area contributed by atoms with Gasteiger partial charge in [0.1, 0.15) is 5.92 Å². The summed E-state index contributed by atoms with van der Waals surface area (Å²) in [7, 11) is 0. The van der Waals surface area contributed by atoms with Gasteiger partial charge in [-0.3, -0.25) is 0 Å². The molecule has 142 valence electrons. The number of hydrogen-bond acceptors (Lipinski definition) is 5. The van der Waals surface area contributed by atoms with Crippen molar-refractivity contribution in [2.75, 3.05) is 19.3 Å². The van der Waals surface area contributed by atoms with Crippen molar-refractivity contribution in [1.29, 1.82) is 21.2 Å². The number of hydrogen-bond donors (Lipinski definition) is 2. The highest BCUT2D eigenvalue weighted by molar-refractivity contribution is 7.98. The zero-order chi connectivity index (χ0) is 20.5. The Kier molecular flexibility index (Phi) is 5.61. The number of nitriles is 3.